The molecule has 2 heterocycles. The Kier molecular flexibility index (Phi) is 3.24. The molecular weight excluding hydrogens is 308 g/mol. The van der Waals surface area contributed by atoms with E-state index >= 15 is 0 Å². The Bertz CT molecular complexity index is 1040. The lowest BCUT2D eigenvalue weighted by Gasteiger charge is -2.05. The monoisotopic (exact) mass is 320 g/mol. The molecule has 118 valence electrons. The third-order valence-corrected chi connectivity index (χ3v) is 3.48. The molecule has 3 N–H and O–H groups in total. The minimum absolute atomic E-state index is 0.0451. The van der Waals surface area contributed by atoms with Crippen molar-refractivity contribution < 1.29 is 9.52 Å². The molecular formula is C17H12N4O3. The van der Waals surface area contributed by atoms with Crippen LogP contribution < -0.4 is 10.9 Å². The number of hydrogen-bond donors (Lipinski definition) is 3. The van der Waals surface area contributed by atoms with Gasteiger partial charge < -0.3 is 9.52 Å². The number of fused-ring (bicyclic) bond motifs is 1. The zero-order valence-electron chi connectivity index (χ0n) is 12.4. The van der Waals surface area contributed by atoms with Gasteiger partial charge in [0.1, 0.15) is 11.1 Å². The van der Waals surface area contributed by atoms with Gasteiger partial charge in [0.05, 0.1) is 0 Å². The lowest BCUT2D eigenvalue weighted by molar-refractivity contribution is 0.454. The Morgan fingerprint density at radius 3 is 2.50 bits per heavy atom. The Morgan fingerprint density at radius 2 is 1.75 bits per heavy atom. The van der Waals surface area contributed by atoms with Crippen molar-refractivity contribution in [3.63, 3.8) is 0 Å². The molecule has 0 amide bonds. The van der Waals surface area contributed by atoms with Crippen LogP contribution >= 0.6 is 0 Å². The van der Waals surface area contributed by atoms with E-state index in [-0.39, 0.29) is 23.4 Å². The maximum absolute atomic E-state index is 12.3. The minimum Gasteiger partial charge on any atom is -0.493 e. The van der Waals surface area contributed by atoms with Gasteiger partial charge in [-0.1, -0.05) is 42.5 Å². The highest BCUT2D eigenvalue weighted by molar-refractivity contribution is 5.75. The summed E-state index contributed by atoms with van der Waals surface area (Å²) < 4.78 is 5.50. The highest BCUT2D eigenvalue weighted by Gasteiger charge is 2.14. The second-order valence-corrected chi connectivity index (χ2v) is 5.09. The van der Waals surface area contributed by atoms with Crippen molar-refractivity contribution in [3.05, 3.63) is 65.0 Å². The summed E-state index contributed by atoms with van der Waals surface area (Å²) in [6.07, 6.45) is 0. The smallest absolute Gasteiger partial charge is 0.302 e. The summed E-state index contributed by atoms with van der Waals surface area (Å²) in [6, 6.07) is 16.2. The molecule has 0 aliphatic carbocycles. The molecule has 0 radical (unpaired) electrons. The molecule has 24 heavy (non-hydrogen) atoms. The maximum Gasteiger partial charge on any atom is 0.302 e. The summed E-state index contributed by atoms with van der Waals surface area (Å²) in [6.45, 7) is 0. The fourth-order valence-corrected chi connectivity index (χ4v) is 2.41. The van der Waals surface area contributed by atoms with E-state index in [4.69, 9.17) is 4.42 Å². The number of nitrogens with zero attached hydrogens (tertiary/aromatic N) is 2. The van der Waals surface area contributed by atoms with Gasteiger partial charge in [-0.05, 0) is 17.7 Å². The van der Waals surface area contributed by atoms with Crippen LogP contribution in [-0.2, 0) is 0 Å². The molecule has 0 atom stereocenters. The van der Waals surface area contributed by atoms with E-state index in [1.54, 1.807) is 36.4 Å². The first kappa shape index (κ1) is 14.0. The van der Waals surface area contributed by atoms with Crippen molar-refractivity contribution in [1.29, 1.82) is 0 Å². The van der Waals surface area contributed by atoms with Crippen LogP contribution in [0.5, 0.6) is 5.88 Å². The van der Waals surface area contributed by atoms with Gasteiger partial charge in [-0.3, -0.25) is 15.1 Å². The van der Waals surface area contributed by atoms with Crippen molar-refractivity contribution >= 4 is 23.1 Å². The standard InChI is InChI=1S/C17H12N4O3/c22-14-13(10-6-2-1-3-7-10)15(23)20-16(19-14)21-17-18-11-8-4-5-9-12(11)24-17/h1-9H,(H3,18,19,20,21,22,23). The van der Waals surface area contributed by atoms with Crippen molar-refractivity contribution in [2.24, 2.45) is 0 Å². The van der Waals surface area contributed by atoms with Crippen LogP contribution in [0.15, 0.2) is 63.8 Å². The van der Waals surface area contributed by atoms with Crippen LogP contribution in [0.3, 0.4) is 0 Å². The quantitative estimate of drug-likeness (QED) is 0.536. The summed E-state index contributed by atoms with van der Waals surface area (Å²) in [5, 5.41) is 12.9. The number of anilines is 2. The Labute approximate surface area is 135 Å². The van der Waals surface area contributed by atoms with Crippen LogP contribution in [0.2, 0.25) is 0 Å². The van der Waals surface area contributed by atoms with Gasteiger partial charge in [0.25, 0.3) is 5.56 Å². The topological polar surface area (TPSA) is 104 Å². The maximum atomic E-state index is 12.3. The van der Waals surface area contributed by atoms with E-state index < -0.39 is 5.56 Å². The number of benzene rings is 2. The highest BCUT2D eigenvalue weighted by atomic mass is 16.4. The van der Waals surface area contributed by atoms with Crippen LogP contribution in [0.4, 0.5) is 12.0 Å². The first-order chi connectivity index (χ1) is 11.7. The number of rotatable bonds is 3. The van der Waals surface area contributed by atoms with E-state index in [2.05, 4.69) is 20.3 Å². The molecule has 0 fully saturated rings. The molecule has 0 saturated heterocycles. The van der Waals surface area contributed by atoms with E-state index in [0.717, 1.165) is 0 Å². The Morgan fingerprint density at radius 1 is 1.00 bits per heavy atom. The minimum atomic E-state index is -0.465. The Balaban J connectivity index is 1.71. The normalized spacial score (nSPS) is 10.8. The first-order valence-corrected chi connectivity index (χ1v) is 7.22. The fraction of sp³-hybridized carbons (Fsp3) is 0. The first-order valence-electron chi connectivity index (χ1n) is 7.22. The molecule has 7 heteroatoms. The number of H-pyrrole nitrogens is 1. The molecule has 7 nitrogen and oxygen atoms in total. The predicted molar refractivity (Wildman–Crippen MR) is 89.3 cm³/mol. The van der Waals surface area contributed by atoms with E-state index in [1.807, 2.05) is 18.2 Å². The number of hydrogen-bond acceptors (Lipinski definition) is 6. The summed E-state index contributed by atoms with van der Waals surface area (Å²) in [5.41, 5.74) is 1.50. The zero-order chi connectivity index (χ0) is 16.5. The lowest BCUT2D eigenvalue weighted by Crippen LogP contribution is -2.13. The molecule has 0 saturated carbocycles. The second kappa shape index (κ2) is 5.54. The van der Waals surface area contributed by atoms with Crippen LogP contribution in [0, 0.1) is 0 Å². The number of aromatic amines is 1. The van der Waals surface area contributed by atoms with Gasteiger partial charge >= 0.3 is 6.01 Å². The molecule has 4 aromatic rings. The average molecular weight is 320 g/mol. The van der Waals surface area contributed by atoms with Gasteiger partial charge in [0.15, 0.2) is 5.58 Å². The number of aromatic hydroxyl groups is 1. The largest absolute Gasteiger partial charge is 0.493 e. The molecule has 0 aliphatic heterocycles. The number of oxazole rings is 1. The van der Waals surface area contributed by atoms with Crippen LogP contribution in [-0.4, -0.2) is 20.1 Å². The third-order valence-electron chi connectivity index (χ3n) is 3.48. The van der Waals surface area contributed by atoms with E-state index in [9.17, 15) is 9.90 Å². The van der Waals surface area contributed by atoms with Crippen LogP contribution in [0.1, 0.15) is 0 Å². The molecule has 4 rings (SSSR count). The summed E-state index contributed by atoms with van der Waals surface area (Å²) in [4.78, 5) is 23.0. The van der Waals surface area contributed by atoms with Gasteiger partial charge in [0, 0.05) is 0 Å². The van der Waals surface area contributed by atoms with Crippen molar-refractivity contribution in [1.82, 2.24) is 15.0 Å². The molecule has 2 aromatic heterocycles. The Hall–Kier alpha value is -3.61. The van der Waals surface area contributed by atoms with Gasteiger partial charge in [-0.15, -0.1) is 0 Å². The fourth-order valence-electron chi connectivity index (χ4n) is 2.41. The van der Waals surface area contributed by atoms with Gasteiger partial charge in [-0.2, -0.15) is 9.97 Å². The molecule has 0 aliphatic rings. The molecule has 0 bridgehead atoms. The van der Waals surface area contributed by atoms with Crippen molar-refractivity contribution in [2.45, 2.75) is 0 Å². The SMILES string of the molecule is O=c1[nH]c(Nc2nc3ccccc3o2)nc(O)c1-c1ccccc1. The van der Waals surface area contributed by atoms with Gasteiger partial charge in [-0.25, -0.2) is 0 Å². The zero-order valence-corrected chi connectivity index (χ0v) is 12.4. The summed E-state index contributed by atoms with van der Waals surface area (Å²) >= 11 is 0. The number of nitrogens with one attached hydrogen (secondary N) is 2. The van der Waals surface area contributed by atoms with Gasteiger partial charge in [0.2, 0.25) is 11.8 Å². The summed E-state index contributed by atoms with van der Waals surface area (Å²) in [5.74, 6) is -0.327. The predicted octanol–water partition coefficient (Wildman–Crippen LogP) is 3.03. The van der Waals surface area contributed by atoms with E-state index in [0.29, 0.717) is 16.7 Å². The lowest BCUT2D eigenvalue weighted by atomic mass is 10.1. The van der Waals surface area contributed by atoms with Crippen molar-refractivity contribution in [3.8, 4) is 17.0 Å². The van der Waals surface area contributed by atoms with Crippen molar-refractivity contribution in [2.75, 3.05) is 5.32 Å². The molecule has 2 aromatic carbocycles. The highest BCUT2D eigenvalue weighted by Crippen LogP contribution is 2.25. The number of aromatic nitrogens is 3. The molecule has 0 unspecified atom stereocenters. The second-order valence-electron chi connectivity index (χ2n) is 5.09. The number of para-hydroxylation sites is 2. The summed E-state index contributed by atoms with van der Waals surface area (Å²) in [7, 11) is 0. The van der Waals surface area contributed by atoms with Crippen LogP contribution in [0.25, 0.3) is 22.2 Å². The average Bonchev–Trinajstić information content (AvgIpc) is 2.97. The third kappa shape index (κ3) is 2.48. The molecule has 0 spiro atoms. The van der Waals surface area contributed by atoms with E-state index in [1.165, 1.54) is 0 Å².